The molecule has 0 radical (unpaired) electrons. The summed E-state index contributed by atoms with van der Waals surface area (Å²) >= 11 is 1.55. The molecule has 21 heavy (non-hydrogen) atoms. The number of thioether (sulfide) groups is 1. The number of likely N-dealkylation sites (N-methyl/N-ethyl adjacent to an activating group) is 1. The predicted molar refractivity (Wildman–Crippen MR) is 82.6 cm³/mol. The minimum Gasteiger partial charge on any atom is -0.468 e. The van der Waals surface area contributed by atoms with Crippen molar-refractivity contribution in [3.63, 3.8) is 0 Å². The molecule has 120 valence electrons. The zero-order valence-corrected chi connectivity index (χ0v) is 13.9. The standard InChI is InChI=1S/C13H24N4O3S/c1-5-17-11(19)15-16-12(17)21-9-7-6-8-13(2,14-3)10(18)20-4/h14H,5-9H2,1-4H3,(H,15,19). The van der Waals surface area contributed by atoms with Gasteiger partial charge >= 0.3 is 11.7 Å². The predicted octanol–water partition coefficient (Wildman–Crippen LogP) is 1.00. The van der Waals surface area contributed by atoms with Gasteiger partial charge in [0.05, 0.1) is 7.11 Å². The number of hydrogen-bond acceptors (Lipinski definition) is 6. The van der Waals surface area contributed by atoms with E-state index >= 15 is 0 Å². The van der Waals surface area contributed by atoms with Crippen molar-refractivity contribution in [1.82, 2.24) is 20.1 Å². The molecule has 1 aromatic heterocycles. The topological polar surface area (TPSA) is 89.0 Å². The van der Waals surface area contributed by atoms with Gasteiger partial charge in [-0.05, 0) is 33.7 Å². The Morgan fingerprint density at radius 3 is 2.81 bits per heavy atom. The van der Waals surface area contributed by atoms with Gasteiger partial charge in [-0.1, -0.05) is 18.2 Å². The normalized spacial score (nSPS) is 13.9. The molecule has 0 aliphatic carbocycles. The lowest BCUT2D eigenvalue weighted by Gasteiger charge is -2.25. The van der Waals surface area contributed by atoms with E-state index in [0.29, 0.717) is 18.1 Å². The number of hydrogen-bond donors (Lipinski definition) is 2. The molecule has 0 aliphatic rings. The van der Waals surface area contributed by atoms with Crippen molar-refractivity contribution in [3.8, 4) is 0 Å². The van der Waals surface area contributed by atoms with Gasteiger partial charge < -0.3 is 10.1 Å². The van der Waals surface area contributed by atoms with Gasteiger partial charge in [-0.25, -0.2) is 9.89 Å². The Hall–Kier alpha value is -1.28. The molecule has 0 amide bonds. The van der Waals surface area contributed by atoms with E-state index in [4.69, 9.17) is 4.74 Å². The fourth-order valence-electron chi connectivity index (χ4n) is 1.99. The number of methoxy groups -OCH3 is 1. The quantitative estimate of drug-likeness (QED) is 0.401. The second kappa shape index (κ2) is 8.23. The van der Waals surface area contributed by atoms with Crippen LogP contribution in [0, 0.1) is 0 Å². The first kappa shape index (κ1) is 17.8. The average molecular weight is 316 g/mol. The second-order valence-electron chi connectivity index (χ2n) is 4.93. The number of carbonyl (C=O) groups is 1. The summed E-state index contributed by atoms with van der Waals surface area (Å²) in [5, 5.41) is 10.2. The van der Waals surface area contributed by atoms with Gasteiger partial charge in [0.2, 0.25) is 0 Å². The van der Waals surface area contributed by atoms with Crippen LogP contribution in [-0.2, 0) is 16.1 Å². The van der Waals surface area contributed by atoms with Crippen molar-refractivity contribution >= 4 is 17.7 Å². The van der Waals surface area contributed by atoms with E-state index < -0.39 is 5.54 Å². The highest BCUT2D eigenvalue weighted by atomic mass is 32.2. The average Bonchev–Trinajstić information content (AvgIpc) is 2.85. The molecule has 0 spiro atoms. The lowest BCUT2D eigenvalue weighted by Crippen LogP contribution is -2.48. The second-order valence-corrected chi connectivity index (χ2v) is 6.00. The van der Waals surface area contributed by atoms with Crippen molar-refractivity contribution in [2.75, 3.05) is 19.9 Å². The highest BCUT2D eigenvalue weighted by Gasteiger charge is 2.31. The molecular formula is C13H24N4O3S. The van der Waals surface area contributed by atoms with Gasteiger partial charge in [0.1, 0.15) is 5.54 Å². The van der Waals surface area contributed by atoms with Crippen molar-refractivity contribution < 1.29 is 9.53 Å². The number of esters is 1. The molecule has 1 rings (SSSR count). The summed E-state index contributed by atoms with van der Waals surface area (Å²) in [7, 11) is 3.16. The van der Waals surface area contributed by atoms with E-state index in [1.165, 1.54) is 7.11 Å². The summed E-state index contributed by atoms with van der Waals surface area (Å²) in [6, 6.07) is 0. The van der Waals surface area contributed by atoms with Gasteiger partial charge in [-0.15, -0.1) is 5.10 Å². The molecule has 0 aromatic carbocycles. The number of rotatable bonds is 9. The number of nitrogens with one attached hydrogen (secondary N) is 2. The number of nitrogens with zero attached hydrogens (tertiary/aromatic N) is 2. The van der Waals surface area contributed by atoms with Crippen molar-refractivity contribution in [2.45, 2.75) is 50.4 Å². The van der Waals surface area contributed by atoms with Crippen LogP contribution in [0.4, 0.5) is 0 Å². The SMILES string of the molecule is CCn1c(SCCCCC(C)(NC)C(=O)OC)n[nH]c1=O. The first-order valence-corrected chi connectivity index (χ1v) is 8.02. The Bertz CT molecular complexity index is 514. The highest BCUT2D eigenvalue weighted by Crippen LogP contribution is 2.19. The van der Waals surface area contributed by atoms with Crippen LogP contribution in [-0.4, -0.2) is 46.2 Å². The smallest absolute Gasteiger partial charge is 0.343 e. The van der Waals surface area contributed by atoms with Gasteiger partial charge in [-0.3, -0.25) is 9.36 Å². The minimum atomic E-state index is -0.642. The maximum atomic E-state index is 11.7. The van der Waals surface area contributed by atoms with Crippen LogP contribution in [0.2, 0.25) is 0 Å². The molecule has 0 saturated carbocycles. The van der Waals surface area contributed by atoms with Crippen LogP contribution >= 0.6 is 11.8 Å². The zero-order valence-electron chi connectivity index (χ0n) is 13.1. The van der Waals surface area contributed by atoms with E-state index in [1.54, 1.807) is 23.4 Å². The molecule has 0 saturated heterocycles. The molecule has 0 bridgehead atoms. The number of H-pyrrole nitrogens is 1. The maximum absolute atomic E-state index is 11.7. The largest absolute Gasteiger partial charge is 0.468 e. The molecule has 8 heteroatoms. The number of carbonyl (C=O) groups excluding carboxylic acids is 1. The van der Waals surface area contributed by atoms with E-state index in [0.717, 1.165) is 18.6 Å². The molecule has 1 aromatic rings. The van der Waals surface area contributed by atoms with E-state index in [-0.39, 0.29) is 11.7 Å². The number of aromatic nitrogens is 3. The van der Waals surface area contributed by atoms with Crippen LogP contribution in [0.15, 0.2) is 9.95 Å². The third kappa shape index (κ3) is 4.60. The number of ether oxygens (including phenoxy) is 1. The fourth-order valence-corrected chi connectivity index (χ4v) is 3.00. The third-order valence-corrected chi connectivity index (χ3v) is 4.59. The van der Waals surface area contributed by atoms with E-state index in [2.05, 4.69) is 15.5 Å². The molecule has 7 nitrogen and oxygen atoms in total. The minimum absolute atomic E-state index is 0.173. The van der Waals surface area contributed by atoms with E-state index in [1.807, 2.05) is 13.8 Å². The summed E-state index contributed by atoms with van der Waals surface area (Å²) in [4.78, 5) is 23.1. The molecule has 1 heterocycles. The lowest BCUT2D eigenvalue weighted by atomic mass is 9.95. The number of unbranched alkanes of at least 4 members (excludes halogenated alkanes) is 1. The summed E-state index contributed by atoms with van der Waals surface area (Å²) in [5.41, 5.74) is -0.814. The van der Waals surface area contributed by atoms with Crippen LogP contribution in [0.5, 0.6) is 0 Å². The summed E-state index contributed by atoms with van der Waals surface area (Å²) in [6.07, 6.45) is 2.53. The van der Waals surface area contributed by atoms with Crippen molar-refractivity contribution in [1.29, 1.82) is 0 Å². The van der Waals surface area contributed by atoms with Crippen molar-refractivity contribution in [3.05, 3.63) is 10.5 Å². The first-order valence-electron chi connectivity index (χ1n) is 7.03. The fraction of sp³-hybridized carbons (Fsp3) is 0.769. The third-order valence-electron chi connectivity index (χ3n) is 3.53. The summed E-state index contributed by atoms with van der Waals surface area (Å²) < 4.78 is 6.41. The van der Waals surface area contributed by atoms with Gasteiger partial charge in [0.25, 0.3) is 0 Å². The van der Waals surface area contributed by atoms with Crippen molar-refractivity contribution in [2.24, 2.45) is 0 Å². The number of aromatic amines is 1. The zero-order chi connectivity index (χ0) is 15.9. The molecule has 1 atom stereocenters. The molecule has 2 N–H and O–H groups in total. The molecular weight excluding hydrogens is 292 g/mol. The molecule has 0 fully saturated rings. The summed E-state index contributed by atoms with van der Waals surface area (Å²) in [6.45, 7) is 4.36. The Morgan fingerprint density at radius 2 is 2.24 bits per heavy atom. The monoisotopic (exact) mass is 316 g/mol. The van der Waals surface area contributed by atoms with Gasteiger partial charge in [-0.2, -0.15) is 0 Å². The molecule has 1 unspecified atom stereocenters. The lowest BCUT2D eigenvalue weighted by molar-refractivity contribution is -0.148. The van der Waals surface area contributed by atoms with Crippen LogP contribution < -0.4 is 11.0 Å². The highest BCUT2D eigenvalue weighted by molar-refractivity contribution is 7.99. The maximum Gasteiger partial charge on any atom is 0.343 e. The Balaban J connectivity index is 2.37. The van der Waals surface area contributed by atoms with Gasteiger partial charge in [0, 0.05) is 12.3 Å². The summed E-state index contributed by atoms with van der Waals surface area (Å²) in [5.74, 6) is 0.607. The van der Waals surface area contributed by atoms with E-state index in [9.17, 15) is 9.59 Å². The Labute approximate surface area is 128 Å². The Kier molecular flexibility index (Phi) is 6.97. The first-order chi connectivity index (χ1) is 9.98. The van der Waals surface area contributed by atoms with Crippen LogP contribution in [0.1, 0.15) is 33.1 Å². The van der Waals surface area contributed by atoms with Crippen LogP contribution in [0.3, 0.4) is 0 Å². The Morgan fingerprint density at radius 1 is 1.52 bits per heavy atom. The molecule has 0 aliphatic heterocycles. The van der Waals surface area contributed by atoms with Crippen LogP contribution in [0.25, 0.3) is 0 Å². The van der Waals surface area contributed by atoms with Gasteiger partial charge in [0.15, 0.2) is 5.16 Å².